The molecule has 1 heterocycles. The minimum Gasteiger partial charge on any atom is -0.447 e. The van der Waals surface area contributed by atoms with Crippen molar-refractivity contribution in [3.8, 4) is 0 Å². The molecule has 108 valence electrons. The molecule has 1 unspecified atom stereocenters. The van der Waals surface area contributed by atoms with Gasteiger partial charge in [-0.3, -0.25) is 0 Å². The standard InChI is InChI=1S/C18H18O3/c1-2-17(20)13-18(21-16(17)19,14-9-5-3-6-10-14)15-11-7-4-8-12-15/h3-12,20H,2,13H2,1H3. The first-order chi connectivity index (χ1) is 10.1. The van der Waals surface area contributed by atoms with Crippen LogP contribution in [0.5, 0.6) is 0 Å². The predicted octanol–water partition coefficient (Wildman–Crippen LogP) is 3.02. The molecule has 2 aromatic rings. The molecule has 0 bridgehead atoms. The van der Waals surface area contributed by atoms with Crippen molar-refractivity contribution in [2.45, 2.75) is 31.0 Å². The number of aliphatic hydroxyl groups is 1. The first-order valence-corrected chi connectivity index (χ1v) is 7.18. The highest BCUT2D eigenvalue weighted by atomic mass is 16.6. The molecular weight excluding hydrogens is 264 g/mol. The van der Waals surface area contributed by atoms with Crippen molar-refractivity contribution in [2.24, 2.45) is 0 Å². The van der Waals surface area contributed by atoms with Gasteiger partial charge in [-0.1, -0.05) is 67.6 Å². The van der Waals surface area contributed by atoms with Crippen LogP contribution in [0.1, 0.15) is 30.9 Å². The number of ether oxygens (including phenoxy) is 1. The molecule has 0 aromatic heterocycles. The van der Waals surface area contributed by atoms with E-state index in [9.17, 15) is 9.90 Å². The van der Waals surface area contributed by atoms with E-state index in [-0.39, 0.29) is 6.42 Å². The maximum Gasteiger partial charge on any atom is 0.339 e. The van der Waals surface area contributed by atoms with E-state index in [1.807, 2.05) is 60.7 Å². The lowest BCUT2D eigenvalue weighted by atomic mass is 9.79. The average Bonchev–Trinajstić information content (AvgIpc) is 2.83. The third-order valence-electron chi connectivity index (χ3n) is 4.25. The SMILES string of the molecule is CCC1(O)CC(c2ccccc2)(c2ccccc2)OC1=O. The number of benzene rings is 2. The molecule has 1 aliphatic heterocycles. The number of cyclic esters (lactones) is 1. The summed E-state index contributed by atoms with van der Waals surface area (Å²) in [5.74, 6) is -0.544. The van der Waals surface area contributed by atoms with E-state index in [1.54, 1.807) is 6.92 Å². The summed E-state index contributed by atoms with van der Waals surface area (Å²) in [5.41, 5.74) is -0.571. The zero-order chi connectivity index (χ0) is 14.9. The lowest BCUT2D eigenvalue weighted by Gasteiger charge is -2.29. The van der Waals surface area contributed by atoms with E-state index < -0.39 is 17.2 Å². The zero-order valence-electron chi connectivity index (χ0n) is 12.0. The first kappa shape index (κ1) is 13.8. The summed E-state index contributed by atoms with van der Waals surface area (Å²) in [6, 6.07) is 19.2. The van der Waals surface area contributed by atoms with Gasteiger partial charge in [0.25, 0.3) is 0 Å². The summed E-state index contributed by atoms with van der Waals surface area (Å²) in [4.78, 5) is 12.2. The van der Waals surface area contributed by atoms with Gasteiger partial charge in [-0.25, -0.2) is 4.79 Å². The van der Waals surface area contributed by atoms with Gasteiger partial charge in [-0.2, -0.15) is 0 Å². The van der Waals surface area contributed by atoms with Crippen LogP contribution in [0.25, 0.3) is 0 Å². The second-order valence-electron chi connectivity index (χ2n) is 5.51. The molecule has 0 spiro atoms. The summed E-state index contributed by atoms with van der Waals surface area (Å²) < 4.78 is 5.74. The number of carbonyl (C=O) groups is 1. The predicted molar refractivity (Wildman–Crippen MR) is 79.6 cm³/mol. The van der Waals surface area contributed by atoms with Crippen molar-refractivity contribution < 1.29 is 14.6 Å². The van der Waals surface area contributed by atoms with Crippen LogP contribution in [0.15, 0.2) is 60.7 Å². The van der Waals surface area contributed by atoms with Crippen molar-refractivity contribution in [1.29, 1.82) is 0 Å². The smallest absolute Gasteiger partial charge is 0.339 e. The van der Waals surface area contributed by atoms with Crippen LogP contribution in [-0.2, 0) is 15.1 Å². The maximum absolute atomic E-state index is 12.2. The summed E-state index contributed by atoms with van der Waals surface area (Å²) in [7, 11) is 0. The summed E-state index contributed by atoms with van der Waals surface area (Å²) in [6.45, 7) is 1.80. The van der Waals surface area contributed by atoms with Gasteiger partial charge in [-0.05, 0) is 6.42 Å². The van der Waals surface area contributed by atoms with Gasteiger partial charge >= 0.3 is 5.97 Å². The van der Waals surface area contributed by atoms with E-state index in [0.29, 0.717) is 6.42 Å². The topological polar surface area (TPSA) is 46.5 Å². The fourth-order valence-corrected chi connectivity index (χ4v) is 2.95. The van der Waals surface area contributed by atoms with Gasteiger partial charge in [-0.15, -0.1) is 0 Å². The van der Waals surface area contributed by atoms with Crippen molar-refractivity contribution in [1.82, 2.24) is 0 Å². The van der Waals surface area contributed by atoms with Crippen molar-refractivity contribution in [3.63, 3.8) is 0 Å². The molecule has 3 heteroatoms. The quantitative estimate of drug-likeness (QED) is 0.880. The van der Waals surface area contributed by atoms with E-state index in [0.717, 1.165) is 11.1 Å². The first-order valence-electron chi connectivity index (χ1n) is 7.18. The second kappa shape index (κ2) is 5.01. The number of esters is 1. The van der Waals surface area contributed by atoms with Crippen LogP contribution in [0.4, 0.5) is 0 Å². The molecule has 0 amide bonds. The van der Waals surface area contributed by atoms with Gasteiger partial charge in [0.2, 0.25) is 0 Å². The molecule has 21 heavy (non-hydrogen) atoms. The normalized spacial score (nSPS) is 23.8. The Bertz CT molecular complexity index is 597. The van der Waals surface area contributed by atoms with Crippen LogP contribution in [-0.4, -0.2) is 16.7 Å². The summed E-state index contributed by atoms with van der Waals surface area (Å²) >= 11 is 0. The Morgan fingerprint density at radius 1 is 1.00 bits per heavy atom. The van der Waals surface area contributed by atoms with E-state index in [2.05, 4.69) is 0 Å². The fraction of sp³-hybridized carbons (Fsp3) is 0.278. The highest BCUT2D eigenvalue weighted by molar-refractivity contribution is 5.83. The Labute approximate surface area is 124 Å². The third kappa shape index (κ3) is 2.14. The minimum absolute atomic E-state index is 0.239. The van der Waals surface area contributed by atoms with Gasteiger partial charge < -0.3 is 9.84 Å². The summed E-state index contributed by atoms with van der Waals surface area (Å²) in [5, 5.41) is 10.6. The molecule has 2 aromatic carbocycles. The maximum atomic E-state index is 12.2. The third-order valence-corrected chi connectivity index (χ3v) is 4.25. The monoisotopic (exact) mass is 282 g/mol. The highest BCUT2D eigenvalue weighted by Crippen LogP contribution is 2.47. The molecule has 1 saturated heterocycles. The van der Waals surface area contributed by atoms with Gasteiger partial charge in [0.15, 0.2) is 11.2 Å². The van der Waals surface area contributed by atoms with Crippen LogP contribution in [0.2, 0.25) is 0 Å². The number of hydrogen-bond donors (Lipinski definition) is 1. The Hall–Kier alpha value is -2.13. The van der Waals surface area contributed by atoms with Crippen LogP contribution in [0, 0.1) is 0 Å². The second-order valence-corrected chi connectivity index (χ2v) is 5.51. The zero-order valence-corrected chi connectivity index (χ0v) is 12.0. The van der Waals surface area contributed by atoms with Crippen molar-refractivity contribution in [2.75, 3.05) is 0 Å². The minimum atomic E-state index is -1.42. The van der Waals surface area contributed by atoms with E-state index >= 15 is 0 Å². The number of rotatable bonds is 3. The Morgan fingerprint density at radius 3 is 1.86 bits per heavy atom. The van der Waals surface area contributed by atoms with E-state index in [4.69, 9.17) is 4.74 Å². The van der Waals surface area contributed by atoms with Crippen molar-refractivity contribution >= 4 is 5.97 Å². The fourth-order valence-electron chi connectivity index (χ4n) is 2.95. The molecule has 1 aliphatic rings. The molecular formula is C18H18O3. The molecule has 1 atom stereocenters. The number of hydrogen-bond acceptors (Lipinski definition) is 3. The Kier molecular flexibility index (Phi) is 3.30. The molecule has 1 fully saturated rings. The molecule has 1 N–H and O–H groups in total. The molecule has 0 radical (unpaired) electrons. The van der Waals surface area contributed by atoms with Gasteiger partial charge in [0, 0.05) is 17.5 Å². The Morgan fingerprint density at radius 2 is 1.48 bits per heavy atom. The molecule has 3 rings (SSSR count). The average molecular weight is 282 g/mol. The van der Waals surface area contributed by atoms with Crippen molar-refractivity contribution in [3.05, 3.63) is 71.8 Å². The molecule has 0 saturated carbocycles. The summed E-state index contributed by atoms with van der Waals surface area (Å²) in [6.07, 6.45) is 0.580. The van der Waals surface area contributed by atoms with Crippen LogP contribution < -0.4 is 0 Å². The lowest BCUT2D eigenvalue weighted by molar-refractivity contribution is -0.158. The highest BCUT2D eigenvalue weighted by Gasteiger charge is 2.56. The Balaban J connectivity index is 2.17. The van der Waals surface area contributed by atoms with E-state index in [1.165, 1.54) is 0 Å². The largest absolute Gasteiger partial charge is 0.447 e. The molecule has 0 aliphatic carbocycles. The lowest BCUT2D eigenvalue weighted by Crippen LogP contribution is -2.34. The number of carbonyl (C=O) groups excluding carboxylic acids is 1. The molecule has 3 nitrogen and oxygen atoms in total. The van der Waals surface area contributed by atoms with Gasteiger partial charge in [0.1, 0.15) is 0 Å². The van der Waals surface area contributed by atoms with Crippen LogP contribution in [0.3, 0.4) is 0 Å². The van der Waals surface area contributed by atoms with Crippen LogP contribution >= 0.6 is 0 Å². The van der Waals surface area contributed by atoms with Gasteiger partial charge in [0.05, 0.1) is 0 Å².